The maximum atomic E-state index is 4.73. The van der Waals surface area contributed by atoms with Gasteiger partial charge in [0, 0.05) is 30.0 Å². The summed E-state index contributed by atoms with van der Waals surface area (Å²) in [4.78, 5) is 9.09. The topological polar surface area (TPSA) is 49.3 Å². The number of aromatic nitrogens is 1. The van der Waals surface area contributed by atoms with Gasteiger partial charge in [0.2, 0.25) is 0 Å². The Morgan fingerprint density at radius 1 is 1.04 bits per heavy atom. The summed E-state index contributed by atoms with van der Waals surface area (Å²) in [6.07, 6.45) is 2.46. The van der Waals surface area contributed by atoms with Gasteiger partial charge >= 0.3 is 0 Å². The molecule has 4 nitrogen and oxygen atoms in total. The van der Waals surface area contributed by atoms with Crippen LogP contribution >= 0.6 is 35.3 Å². The van der Waals surface area contributed by atoms with Gasteiger partial charge in [0.15, 0.2) is 5.96 Å². The van der Waals surface area contributed by atoms with Crippen LogP contribution in [0.2, 0.25) is 0 Å². The normalized spacial score (nSPS) is 14.8. The Bertz CT molecular complexity index is 905. The van der Waals surface area contributed by atoms with Gasteiger partial charge in [-0.15, -0.1) is 35.3 Å². The summed E-state index contributed by atoms with van der Waals surface area (Å²) >= 11 is 1.67. The zero-order valence-electron chi connectivity index (χ0n) is 15.9. The van der Waals surface area contributed by atoms with E-state index < -0.39 is 0 Å². The van der Waals surface area contributed by atoms with Gasteiger partial charge in [-0.2, -0.15) is 0 Å². The molecule has 6 heteroatoms. The molecule has 0 unspecified atom stereocenters. The van der Waals surface area contributed by atoms with Crippen LogP contribution in [0, 0.1) is 0 Å². The summed E-state index contributed by atoms with van der Waals surface area (Å²) in [5, 5.41) is 10.0. The van der Waals surface area contributed by atoms with Crippen molar-refractivity contribution in [3.8, 4) is 11.3 Å². The summed E-state index contributed by atoms with van der Waals surface area (Å²) in [5.74, 6) is 0.827. The Morgan fingerprint density at radius 2 is 1.71 bits per heavy atom. The summed E-state index contributed by atoms with van der Waals surface area (Å²) in [6, 6.07) is 21.1. The standard InChI is InChI=1S/C22H24N4S.HI/c1-23-21(25-16-22(12-13-22)18-10-6-3-7-11-18)24-14-20-26-19(15-27-20)17-8-4-2-5-9-17;/h2-11,15H,12-14,16H2,1H3,(H2,23,24,25);1H. The van der Waals surface area contributed by atoms with Crippen LogP contribution in [0.25, 0.3) is 11.3 Å². The highest BCUT2D eigenvalue weighted by Crippen LogP contribution is 2.47. The van der Waals surface area contributed by atoms with Crippen LogP contribution in [0.15, 0.2) is 71.0 Å². The summed E-state index contributed by atoms with van der Waals surface area (Å²) in [6.45, 7) is 1.58. The summed E-state index contributed by atoms with van der Waals surface area (Å²) in [7, 11) is 1.81. The van der Waals surface area contributed by atoms with Crippen molar-refractivity contribution >= 4 is 41.3 Å². The molecule has 1 fully saturated rings. The number of nitrogens with one attached hydrogen (secondary N) is 2. The second kappa shape index (κ2) is 9.52. The van der Waals surface area contributed by atoms with E-state index in [-0.39, 0.29) is 29.4 Å². The first-order valence-corrected chi connectivity index (χ1v) is 10.2. The highest BCUT2D eigenvalue weighted by molar-refractivity contribution is 14.0. The monoisotopic (exact) mass is 504 g/mol. The summed E-state index contributed by atoms with van der Waals surface area (Å²) in [5.41, 5.74) is 3.86. The molecule has 0 aliphatic heterocycles. The predicted octanol–water partition coefficient (Wildman–Crippen LogP) is 4.82. The molecule has 4 rings (SSSR count). The van der Waals surface area contributed by atoms with E-state index in [9.17, 15) is 0 Å². The molecule has 2 N–H and O–H groups in total. The third-order valence-electron chi connectivity index (χ3n) is 5.09. The molecule has 3 aromatic rings. The lowest BCUT2D eigenvalue weighted by Gasteiger charge is -2.18. The average Bonchev–Trinajstić information content (AvgIpc) is 3.38. The van der Waals surface area contributed by atoms with Crippen LogP contribution < -0.4 is 10.6 Å². The van der Waals surface area contributed by atoms with E-state index in [0.29, 0.717) is 6.54 Å². The molecule has 0 saturated heterocycles. The molecular formula is C22H25IN4S. The number of halogens is 1. The van der Waals surface area contributed by atoms with Crippen molar-refractivity contribution in [1.29, 1.82) is 0 Å². The molecule has 0 bridgehead atoms. The number of thiazole rings is 1. The zero-order chi connectivity index (χ0) is 18.5. The number of aliphatic imine (C=N–C) groups is 1. The van der Waals surface area contributed by atoms with Crippen molar-refractivity contribution in [1.82, 2.24) is 15.6 Å². The molecule has 2 aromatic carbocycles. The van der Waals surface area contributed by atoms with E-state index in [4.69, 9.17) is 4.98 Å². The largest absolute Gasteiger partial charge is 0.356 e. The van der Waals surface area contributed by atoms with Crippen molar-refractivity contribution in [2.24, 2.45) is 4.99 Å². The van der Waals surface area contributed by atoms with Crippen molar-refractivity contribution in [2.45, 2.75) is 24.8 Å². The number of benzene rings is 2. The van der Waals surface area contributed by atoms with Gasteiger partial charge in [-0.05, 0) is 18.4 Å². The minimum atomic E-state index is 0. The highest BCUT2D eigenvalue weighted by atomic mass is 127. The Hall–Kier alpha value is -1.93. The lowest BCUT2D eigenvalue weighted by molar-refractivity contribution is 0.645. The second-order valence-corrected chi connectivity index (χ2v) is 7.86. The fraction of sp³-hybridized carbons (Fsp3) is 0.273. The first-order valence-electron chi connectivity index (χ1n) is 9.29. The van der Waals surface area contributed by atoms with E-state index in [0.717, 1.165) is 28.8 Å². The molecular weight excluding hydrogens is 479 g/mol. The van der Waals surface area contributed by atoms with E-state index in [2.05, 4.69) is 63.5 Å². The lowest BCUT2D eigenvalue weighted by Crippen LogP contribution is -2.40. The van der Waals surface area contributed by atoms with Gasteiger partial charge in [-0.25, -0.2) is 4.98 Å². The van der Waals surface area contributed by atoms with E-state index >= 15 is 0 Å². The molecule has 0 atom stereocenters. The van der Waals surface area contributed by atoms with Gasteiger partial charge in [0.25, 0.3) is 0 Å². The van der Waals surface area contributed by atoms with Gasteiger partial charge in [0.05, 0.1) is 12.2 Å². The van der Waals surface area contributed by atoms with Gasteiger partial charge in [-0.1, -0.05) is 60.7 Å². The lowest BCUT2D eigenvalue weighted by atomic mass is 9.96. The number of guanidine groups is 1. The molecule has 1 aromatic heterocycles. The SMILES string of the molecule is CN=C(NCc1nc(-c2ccccc2)cs1)NCC1(c2ccccc2)CC1.I. The Kier molecular flexibility index (Phi) is 7.07. The Labute approximate surface area is 187 Å². The van der Waals surface area contributed by atoms with Crippen LogP contribution in [0.4, 0.5) is 0 Å². The molecule has 0 radical (unpaired) electrons. The number of rotatable bonds is 6. The summed E-state index contributed by atoms with van der Waals surface area (Å²) < 4.78 is 0. The smallest absolute Gasteiger partial charge is 0.191 e. The first kappa shape index (κ1) is 20.8. The van der Waals surface area contributed by atoms with E-state index in [1.54, 1.807) is 11.3 Å². The van der Waals surface area contributed by atoms with Crippen molar-refractivity contribution < 1.29 is 0 Å². The molecule has 1 aliphatic rings. The van der Waals surface area contributed by atoms with Crippen molar-refractivity contribution in [3.63, 3.8) is 0 Å². The van der Waals surface area contributed by atoms with Gasteiger partial charge in [-0.3, -0.25) is 4.99 Å². The molecule has 0 amide bonds. The fourth-order valence-corrected chi connectivity index (χ4v) is 4.02. The van der Waals surface area contributed by atoms with Crippen LogP contribution in [-0.4, -0.2) is 24.5 Å². The predicted molar refractivity (Wildman–Crippen MR) is 129 cm³/mol. The molecule has 146 valence electrons. The molecule has 1 saturated carbocycles. The third-order valence-corrected chi connectivity index (χ3v) is 5.93. The molecule has 28 heavy (non-hydrogen) atoms. The minimum Gasteiger partial charge on any atom is -0.356 e. The van der Waals surface area contributed by atoms with Crippen LogP contribution in [0.3, 0.4) is 0 Å². The quantitative estimate of drug-likeness (QED) is 0.288. The number of nitrogens with zero attached hydrogens (tertiary/aromatic N) is 2. The number of hydrogen-bond donors (Lipinski definition) is 2. The highest BCUT2D eigenvalue weighted by Gasteiger charge is 2.43. The Morgan fingerprint density at radius 3 is 2.36 bits per heavy atom. The molecule has 1 aliphatic carbocycles. The minimum absolute atomic E-state index is 0. The van der Waals surface area contributed by atoms with Crippen molar-refractivity contribution in [3.05, 3.63) is 76.6 Å². The molecule has 0 spiro atoms. The van der Waals surface area contributed by atoms with E-state index in [1.807, 2.05) is 25.2 Å². The van der Waals surface area contributed by atoms with Crippen molar-refractivity contribution in [2.75, 3.05) is 13.6 Å². The second-order valence-electron chi connectivity index (χ2n) is 6.92. The van der Waals surface area contributed by atoms with Crippen LogP contribution in [-0.2, 0) is 12.0 Å². The Balaban J connectivity index is 0.00000225. The van der Waals surface area contributed by atoms with Gasteiger partial charge < -0.3 is 10.6 Å². The van der Waals surface area contributed by atoms with Crippen LogP contribution in [0.5, 0.6) is 0 Å². The average molecular weight is 504 g/mol. The molecule has 1 heterocycles. The van der Waals surface area contributed by atoms with Crippen LogP contribution in [0.1, 0.15) is 23.4 Å². The maximum absolute atomic E-state index is 4.73. The first-order chi connectivity index (χ1) is 13.3. The fourth-order valence-electron chi connectivity index (χ4n) is 3.28. The number of hydrogen-bond acceptors (Lipinski definition) is 3. The maximum Gasteiger partial charge on any atom is 0.191 e. The third kappa shape index (κ3) is 4.91. The zero-order valence-corrected chi connectivity index (χ0v) is 19.0. The van der Waals surface area contributed by atoms with E-state index in [1.165, 1.54) is 18.4 Å². The van der Waals surface area contributed by atoms with Gasteiger partial charge in [0.1, 0.15) is 5.01 Å².